The van der Waals surface area contributed by atoms with Crippen molar-refractivity contribution in [1.82, 2.24) is 4.90 Å². The highest BCUT2D eigenvalue weighted by atomic mass is 16.5. The molecule has 0 aromatic heterocycles. The van der Waals surface area contributed by atoms with Crippen molar-refractivity contribution in [3.8, 4) is 0 Å². The van der Waals surface area contributed by atoms with Crippen LogP contribution in [0, 0.1) is 0 Å². The van der Waals surface area contributed by atoms with Gasteiger partial charge in [-0.15, -0.1) is 0 Å². The molecule has 1 aromatic rings. The predicted molar refractivity (Wildman–Crippen MR) is 124 cm³/mol. The van der Waals surface area contributed by atoms with Gasteiger partial charge >= 0.3 is 5.97 Å². The van der Waals surface area contributed by atoms with Gasteiger partial charge in [0.05, 0.1) is 25.4 Å². The Morgan fingerprint density at radius 1 is 1.16 bits per heavy atom. The zero-order valence-electron chi connectivity index (χ0n) is 18.7. The summed E-state index contributed by atoms with van der Waals surface area (Å²) in [4.78, 5) is 24.8. The van der Waals surface area contributed by atoms with Gasteiger partial charge in [-0.3, -0.25) is 9.59 Å². The number of aliphatic carboxylic acids is 1. The molecule has 0 radical (unpaired) electrons. The van der Waals surface area contributed by atoms with Gasteiger partial charge < -0.3 is 19.8 Å². The van der Waals surface area contributed by atoms with Crippen molar-refractivity contribution in [3.05, 3.63) is 53.1 Å². The maximum absolute atomic E-state index is 12.3. The lowest BCUT2D eigenvalue weighted by molar-refractivity contribution is -0.137. The SMILES string of the molecule is O=C(O)CCCCCCN1C(=O)CC[C@@H]1/C=C/C(O)c1cccc(C=C2CCOCC2)c1. The highest BCUT2D eigenvalue weighted by Crippen LogP contribution is 2.24. The van der Waals surface area contributed by atoms with E-state index in [1.165, 1.54) is 5.57 Å². The standard InChI is InChI=1S/C26H35NO5/c28-24(22-7-5-6-21(19-22)18-20-13-16-32-17-14-20)11-9-23-10-12-25(29)27(23)15-4-2-1-3-8-26(30)31/h5-7,9,11,18-19,23-24,28H,1-4,8,10,12-17H2,(H,30,31)/b11-9+/t23-,24?/m0/s1. The Kier molecular flexibility index (Phi) is 9.50. The van der Waals surface area contributed by atoms with Crippen LogP contribution in [-0.4, -0.2) is 52.8 Å². The minimum absolute atomic E-state index is 0.0173. The van der Waals surface area contributed by atoms with E-state index in [1.807, 2.05) is 29.2 Å². The van der Waals surface area contributed by atoms with Crippen molar-refractivity contribution in [2.75, 3.05) is 19.8 Å². The number of carboxylic acid groups (broad SMARTS) is 1. The van der Waals surface area contributed by atoms with Crippen molar-refractivity contribution in [1.29, 1.82) is 0 Å². The maximum atomic E-state index is 12.3. The number of carboxylic acids is 1. The smallest absolute Gasteiger partial charge is 0.303 e. The zero-order chi connectivity index (χ0) is 22.8. The second-order valence-corrected chi connectivity index (χ2v) is 8.67. The summed E-state index contributed by atoms with van der Waals surface area (Å²) in [6.07, 6.45) is 12.0. The summed E-state index contributed by atoms with van der Waals surface area (Å²) in [5, 5.41) is 19.4. The largest absolute Gasteiger partial charge is 0.481 e. The van der Waals surface area contributed by atoms with E-state index in [0.29, 0.717) is 19.4 Å². The number of carbonyl (C=O) groups is 2. The van der Waals surface area contributed by atoms with E-state index in [4.69, 9.17) is 9.84 Å². The van der Waals surface area contributed by atoms with E-state index in [-0.39, 0.29) is 18.4 Å². The van der Waals surface area contributed by atoms with E-state index >= 15 is 0 Å². The van der Waals surface area contributed by atoms with E-state index in [1.54, 1.807) is 6.08 Å². The van der Waals surface area contributed by atoms with Gasteiger partial charge in [0.15, 0.2) is 0 Å². The number of likely N-dealkylation sites (tertiary alicyclic amines) is 1. The first-order valence-electron chi connectivity index (χ1n) is 11.8. The summed E-state index contributed by atoms with van der Waals surface area (Å²) in [6.45, 7) is 2.23. The number of carbonyl (C=O) groups excluding carboxylic acids is 1. The van der Waals surface area contributed by atoms with Crippen LogP contribution in [0.25, 0.3) is 6.08 Å². The molecule has 2 atom stereocenters. The van der Waals surface area contributed by atoms with Gasteiger partial charge in [-0.2, -0.15) is 0 Å². The Bertz CT molecular complexity index is 823. The van der Waals surface area contributed by atoms with Crippen LogP contribution in [0.15, 0.2) is 42.0 Å². The minimum Gasteiger partial charge on any atom is -0.481 e. The fourth-order valence-corrected chi connectivity index (χ4v) is 4.35. The lowest BCUT2D eigenvalue weighted by Gasteiger charge is -2.22. The summed E-state index contributed by atoms with van der Waals surface area (Å²) < 4.78 is 5.41. The van der Waals surface area contributed by atoms with Crippen LogP contribution in [-0.2, 0) is 14.3 Å². The number of hydrogen-bond donors (Lipinski definition) is 2. The van der Waals surface area contributed by atoms with E-state index in [9.17, 15) is 14.7 Å². The van der Waals surface area contributed by atoms with Crippen LogP contribution in [0.1, 0.15) is 75.0 Å². The highest BCUT2D eigenvalue weighted by Gasteiger charge is 2.28. The molecule has 1 unspecified atom stereocenters. The molecule has 0 bridgehead atoms. The van der Waals surface area contributed by atoms with Crippen molar-refractivity contribution >= 4 is 18.0 Å². The van der Waals surface area contributed by atoms with Crippen LogP contribution >= 0.6 is 0 Å². The molecule has 1 aromatic carbocycles. The fourth-order valence-electron chi connectivity index (χ4n) is 4.35. The Hall–Kier alpha value is -2.44. The summed E-state index contributed by atoms with van der Waals surface area (Å²) in [5.74, 6) is -0.598. The van der Waals surface area contributed by atoms with Gasteiger partial charge in [0.1, 0.15) is 0 Å². The summed E-state index contributed by atoms with van der Waals surface area (Å²) >= 11 is 0. The third-order valence-electron chi connectivity index (χ3n) is 6.19. The van der Waals surface area contributed by atoms with Crippen molar-refractivity contribution in [2.24, 2.45) is 0 Å². The van der Waals surface area contributed by atoms with E-state index < -0.39 is 12.1 Å². The van der Waals surface area contributed by atoms with Crippen LogP contribution < -0.4 is 0 Å². The Morgan fingerprint density at radius 3 is 2.72 bits per heavy atom. The monoisotopic (exact) mass is 441 g/mol. The van der Waals surface area contributed by atoms with Gasteiger partial charge in [-0.25, -0.2) is 0 Å². The molecule has 2 fully saturated rings. The summed E-state index contributed by atoms with van der Waals surface area (Å²) in [5.41, 5.74) is 3.31. The van der Waals surface area contributed by atoms with Crippen molar-refractivity contribution in [2.45, 2.75) is 69.9 Å². The van der Waals surface area contributed by atoms with Gasteiger partial charge in [0, 0.05) is 19.4 Å². The number of rotatable bonds is 11. The predicted octanol–water partition coefficient (Wildman–Crippen LogP) is 4.50. The van der Waals surface area contributed by atoms with Crippen LogP contribution in [0.2, 0.25) is 0 Å². The average molecular weight is 442 g/mol. The molecule has 1 amide bonds. The second-order valence-electron chi connectivity index (χ2n) is 8.67. The molecule has 0 spiro atoms. The molecular formula is C26H35NO5. The first-order valence-corrected chi connectivity index (χ1v) is 11.8. The number of aliphatic hydroxyl groups excluding tert-OH is 1. The molecule has 2 heterocycles. The second kappa shape index (κ2) is 12.6. The molecule has 2 N–H and O–H groups in total. The number of nitrogens with zero attached hydrogens (tertiary/aromatic N) is 1. The third kappa shape index (κ3) is 7.61. The highest BCUT2D eigenvalue weighted by molar-refractivity contribution is 5.79. The molecule has 6 heteroatoms. The van der Waals surface area contributed by atoms with Crippen molar-refractivity contribution < 1.29 is 24.5 Å². The first kappa shape index (κ1) is 24.2. The minimum atomic E-state index is -0.755. The first-order chi connectivity index (χ1) is 15.5. The van der Waals surface area contributed by atoms with Crippen LogP contribution in [0.4, 0.5) is 0 Å². The average Bonchev–Trinajstić information content (AvgIpc) is 3.14. The zero-order valence-corrected chi connectivity index (χ0v) is 18.7. The molecular weight excluding hydrogens is 406 g/mol. The number of hydrogen-bond acceptors (Lipinski definition) is 4. The van der Waals surface area contributed by atoms with Gasteiger partial charge in [-0.05, 0) is 49.3 Å². The molecule has 2 aliphatic rings. The molecule has 32 heavy (non-hydrogen) atoms. The summed E-state index contributed by atoms with van der Waals surface area (Å²) in [7, 11) is 0. The Balaban J connectivity index is 1.52. The Labute approximate surface area is 190 Å². The normalized spacial score (nSPS) is 20.2. The molecule has 2 aliphatic heterocycles. The molecule has 6 nitrogen and oxygen atoms in total. The molecule has 0 saturated carbocycles. The summed E-state index contributed by atoms with van der Waals surface area (Å²) in [6, 6.07) is 7.98. The maximum Gasteiger partial charge on any atom is 0.303 e. The fraction of sp³-hybridized carbons (Fsp3) is 0.538. The lowest BCUT2D eigenvalue weighted by Crippen LogP contribution is -2.32. The number of amides is 1. The van der Waals surface area contributed by atoms with Crippen LogP contribution in [0.5, 0.6) is 0 Å². The Morgan fingerprint density at radius 2 is 1.94 bits per heavy atom. The van der Waals surface area contributed by atoms with Crippen LogP contribution in [0.3, 0.4) is 0 Å². The van der Waals surface area contributed by atoms with Gasteiger partial charge in [-0.1, -0.05) is 54.8 Å². The van der Waals surface area contributed by atoms with E-state index in [0.717, 1.165) is 62.9 Å². The quantitative estimate of drug-likeness (QED) is 0.390. The lowest BCUT2D eigenvalue weighted by atomic mass is 10.0. The topological polar surface area (TPSA) is 87.1 Å². The van der Waals surface area contributed by atoms with E-state index in [2.05, 4.69) is 12.1 Å². The molecule has 174 valence electrons. The number of benzene rings is 1. The molecule has 3 rings (SSSR count). The van der Waals surface area contributed by atoms with Gasteiger partial charge in [0.2, 0.25) is 5.91 Å². The van der Waals surface area contributed by atoms with Gasteiger partial charge in [0.25, 0.3) is 0 Å². The molecule has 0 aliphatic carbocycles. The van der Waals surface area contributed by atoms with Crippen molar-refractivity contribution in [3.63, 3.8) is 0 Å². The third-order valence-corrected chi connectivity index (χ3v) is 6.19. The number of aliphatic hydroxyl groups is 1. The molecule has 2 saturated heterocycles. The number of ether oxygens (including phenoxy) is 1. The number of unbranched alkanes of at least 4 members (excludes halogenated alkanes) is 3.